The minimum atomic E-state index is -0.563. The monoisotopic (exact) mass is 358 g/mol. The minimum Gasteiger partial charge on any atom is -0.444 e. The summed E-state index contributed by atoms with van der Waals surface area (Å²) >= 11 is 3.27. The van der Waals surface area contributed by atoms with Gasteiger partial charge in [-0.05, 0) is 43.6 Å². The Hall–Kier alpha value is -1.57. The lowest BCUT2D eigenvalue weighted by Crippen LogP contribution is -2.48. The van der Waals surface area contributed by atoms with Gasteiger partial charge in [-0.25, -0.2) is 4.79 Å². The molecular weight excluding hydrogens is 340 g/mol. The van der Waals surface area contributed by atoms with E-state index in [0.717, 1.165) is 0 Å². The lowest BCUT2D eigenvalue weighted by molar-refractivity contribution is 0.0455. The van der Waals surface area contributed by atoms with Crippen LogP contribution in [0.3, 0.4) is 0 Å². The predicted octanol–water partition coefficient (Wildman–Crippen LogP) is 2.14. The lowest BCUT2D eigenvalue weighted by Gasteiger charge is -2.32. The molecule has 2 rings (SSSR count). The van der Waals surface area contributed by atoms with Crippen molar-refractivity contribution in [3.63, 3.8) is 0 Å². The van der Waals surface area contributed by atoms with Crippen molar-refractivity contribution in [2.24, 2.45) is 0 Å². The molecule has 7 nitrogen and oxygen atoms in total. The van der Waals surface area contributed by atoms with Crippen molar-refractivity contribution in [3.8, 4) is 0 Å². The van der Waals surface area contributed by atoms with E-state index >= 15 is 0 Å². The number of aromatic nitrogens is 2. The Morgan fingerprint density at radius 3 is 2.86 bits per heavy atom. The highest BCUT2D eigenvalue weighted by Gasteiger charge is 2.30. The maximum Gasteiger partial charge on any atom is 0.409 e. The van der Waals surface area contributed by atoms with Crippen LogP contribution >= 0.6 is 15.9 Å². The molecule has 0 saturated carbocycles. The van der Waals surface area contributed by atoms with Crippen molar-refractivity contribution in [2.75, 3.05) is 13.2 Å². The van der Waals surface area contributed by atoms with E-state index in [2.05, 4.69) is 26.3 Å². The van der Waals surface area contributed by atoms with Crippen molar-refractivity contribution in [3.05, 3.63) is 16.4 Å². The molecule has 1 aromatic heterocycles. The van der Waals surface area contributed by atoms with Crippen LogP contribution < -0.4 is 5.32 Å². The second-order valence-electron chi connectivity index (χ2n) is 6.01. The second-order valence-corrected chi connectivity index (χ2v) is 6.82. The summed E-state index contributed by atoms with van der Waals surface area (Å²) in [5.41, 5.74) is -0.0566. The number of hydrogen-bond acceptors (Lipinski definition) is 4. The second kappa shape index (κ2) is 5.67. The Bertz CT molecular complexity index is 564. The molecule has 2 amide bonds. The fourth-order valence-electron chi connectivity index (χ4n) is 2.11. The molecule has 1 aromatic rings. The van der Waals surface area contributed by atoms with E-state index in [1.54, 1.807) is 36.4 Å². The molecule has 8 heteroatoms. The third-order valence-electron chi connectivity index (χ3n) is 2.93. The van der Waals surface area contributed by atoms with Gasteiger partial charge in [-0.3, -0.25) is 9.48 Å². The van der Waals surface area contributed by atoms with E-state index < -0.39 is 11.7 Å². The van der Waals surface area contributed by atoms with Crippen molar-refractivity contribution in [2.45, 2.75) is 39.3 Å². The van der Waals surface area contributed by atoms with E-state index in [1.165, 1.54) is 0 Å². The first-order valence-electron chi connectivity index (χ1n) is 6.68. The zero-order chi connectivity index (χ0) is 15.8. The van der Waals surface area contributed by atoms with Gasteiger partial charge >= 0.3 is 6.09 Å². The smallest absolute Gasteiger partial charge is 0.409 e. The zero-order valence-electron chi connectivity index (χ0n) is 12.5. The van der Waals surface area contributed by atoms with Crippen LogP contribution in [-0.2, 0) is 4.74 Å². The molecule has 0 unspecified atom stereocenters. The topological polar surface area (TPSA) is 76.5 Å². The number of rotatable bonds is 2. The molecule has 0 bridgehead atoms. The summed E-state index contributed by atoms with van der Waals surface area (Å²) in [7, 11) is 0. The van der Waals surface area contributed by atoms with Gasteiger partial charge in [0, 0.05) is 12.6 Å². The van der Waals surface area contributed by atoms with Gasteiger partial charge in [0.2, 0.25) is 0 Å². The lowest BCUT2D eigenvalue weighted by atomic mass is 10.2. The maximum atomic E-state index is 12.3. The number of fused-ring (bicyclic) bond motifs is 1. The summed E-state index contributed by atoms with van der Waals surface area (Å²) in [4.78, 5) is 25.5. The number of alkyl carbamates (subject to hydrolysis) is 1. The van der Waals surface area contributed by atoms with Gasteiger partial charge in [0.25, 0.3) is 5.91 Å². The average molecular weight is 359 g/mol. The molecule has 0 fully saturated rings. The van der Waals surface area contributed by atoms with Crippen LogP contribution in [0.1, 0.15) is 44.2 Å². The van der Waals surface area contributed by atoms with E-state index in [9.17, 15) is 9.59 Å². The largest absolute Gasteiger partial charge is 0.444 e. The van der Waals surface area contributed by atoms with Gasteiger partial charge in [-0.2, -0.15) is 5.10 Å². The number of nitrogens with one attached hydrogen (secondary N) is 1. The fraction of sp³-hybridized carbons (Fsp3) is 0.615. The van der Waals surface area contributed by atoms with Crippen LogP contribution in [0, 0.1) is 0 Å². The fourth-order valence-corrected chi connectivity index (χ4v) is 2.50. The van der Waals surface area contributed by atoms with E-state index in [-0.39, 0.29) is 18.6 Å². The van der Waals surface area contributed by atoms with Crippen LogP contribution in [0.25, 0.3) is 0 Å². The van der Waals surface area contributed by atoms with Gasteiger partial charge in [-0.1, -0.05) is 0 Å². The summed E-state index contributed by atoms with van der Waals surface area (Å²) in [5, 5.41) is 6.83. The van der Waals surface area contributed by atoms with E-state index in [1.807, 2.05) is 6.92 Å². The molecule has 1 N–H and O–H groups in total. The Labute approximate surface area is 131 Å². The number of nitrogens with zero attached hydrogens (tertiary/aromatic N) is 3. The quantitative estimate of drug-likeness (QED) is 0.878. The molecule has 1 aliphatic rings. The number of ether oxygens (including phenoxy) is 1. The van der Waals surface area contributed by atoms with Gasteiger partial charge in [0.15, 0.2) is 0 Å². The molecule has 0 saturated heterocycles. The zero-order valence-corrected chi connectivity index (χ0v) is 14.1. The van der Waals surface area contributed by atoms with Crippen molar-refractivity contribution >= 4 is 27.9 Å². The molecular formula is C13H19BrN4O3. The van der Waals surface area contributed by atoms with Gasteiger partial charge in [0.1, 0.15) is 15.9 Å². The molecule has 2 heterocycles. The third-order valence-corrected chi connectivity index (χ3v) is 3.32. The van der Waals surface area contributed by atoms with Crippen LogP contribution in [0.15, 0.2) is 10.7 Å². The molecule has 116 valence electrons. The van der Waals surface area contributed by atoms with E-state index in [4.69, 9.17) is 4.74 Å². The summed E-state index contributed by atoms with van der Waals surface area (Å²) in [6.07, 6.45) is -0.539. The summed E-state index contributed by atoms with van der Waals surface area (Å²) in [6, 6.07) is 1.72. The van der Waals surface area contributed by atoms with Gasteiger partial charge in [-0.15, -0.1) is 0 Å². The van der Waals surface area contributed by atoms with Crippen LogP contribution in [-0.4, -0.2) is 45.5 Å². The number of carbonyl (C=O) groups is 2. The average Bonchev–Trinajstić information content (AvgIpc) is 2.72. The molecule has 0 radical (unpaired) electrons. The first-order chi connectivity index (χ1) is 9.67. The Morgan fingerprint density at radius 1 is 1.57 bits per heavy atom. The normalized spacial score (nSPS) is 18.4. The molecule has 0 aliphatic carbocycles. The Kier molecular flexibility index (Phi) is 4.27. The first kappa shape index (κ1) is 15.8. The predicted molar refractivity (Wildman–Crippen MR) is 79.9 cm³/mol. The molecule has 21 heavy (non-hydrogen) atoms. The summed E-state index contributed by atoms with van der Waals surface area (Å²) in [6.45, 7) is 7.93. The standard InChI is InChI=1S/C13H19BrN4O3/c1-8-6-17(7-15-12(20)21-13(2,3)4)11(19)9-5-10(14)16-18(8)9/h5,8H,6-7H2,1-4H3,(H,15,20)/t8-/m0/s1. The number of carbonyl (C=O) groups excluding carboxylic acids is 2. The third kappa shape index (κ3) is 3.75. The van der Waals surface area contributed by atoms with Crippen molar-refractivity contribution in [1.29, 1.82) is 0 Å². The van der Waals surface area contributed by atoms with Gasteiger partial charge < -0.3 is 15.0 Å². The molecule has 1 atom stereocenters. The van der Waals surface area contributed by atoms with Crippen LogP contribution in [0.2, 0.25) is 0 Å². The summed E-state index contributed by atoms with van der Waals surface area (Å²) < 4.78 is 7.47. The highest BCUT2D eigenvalue weighted by atomic mass is 79.9. The van der Waals surface area contributed by atoms with Crippen LogP contribution in [0.4, 0.5) is 4.79 Å². The van der Waals surface area contributed by atoms with Gasteiger partial charge in [0.05, 0.1) is 12.7 Å². The Balaban J connectivity index is 2.00. The van der Waals surface area contributed by atoms with E-state index in [0.29, 0.717) is 16.8 Å². The first-order valence-corrected chi connectivity index (χ1v) is 7.48. The number of halogens is 1. The van der Waals surface area contributed by atoms with Crippen molar-refractivity contribution in [1.82, 2.24) is 20.0 Å². The molecule has 0 aromatic carbocycles. The molecule has 1 aliphatic heterocycles. The summed E-state index contributed by atoms with van der Waals surface area (Å²) in [5.74, 6) is -0.164. The maximum absolute atomic E-state index is 12.3. The Morgan fingerprint density at radius 2 is 2.24 bits per heavy atom. The number of hydrogen-bond donors (Lipinski definition) is 1. The van der Waals surface area contributed by atoms with Crippen LogP contribution in [0.5, 0.6) is 0 Å². The minimum absolute atomic E-state index is 0.0458. The van der Waals surface area contributed by atoms with Crippen molar-refractivity contribution < 1.29 is 14.3 Å². The SMILES string of the molecule is C[C@H]1CN(CNC(=O)OC(C)(C)C)C(=O)c2cc(Br)nn21. The molecule has 0 spiro atoms. The number of amides is 2. The highest BCUT2D eigenvalue weighted by molar-refractivity contribution is 9.10. The highest BCUT2D eigenvalue weighted by Crippen LogP contribution is 2.22.